The van der Waals surface area contributed by atoms with Gasteiger partial charge in [-0.15, -0.1) is 0 Å². The van der Waals surface area contributed by atoms with Crippen molar-refractivity contribution in [3.05, 3.63) is 46.3 Å². The predicted octanol–water partition coefficient (Wildman–Crippen LogP) is 3.17. The summed E-state index contributed by atoms with van der Waals surface area (Å²) in [6.07, 6.45) is 3.86. The van der Waals surface area contributed by atoms with E-state index in [4.69, 9.17) is 21.1 Å². The number of nitrogens with one attached hydrogen (secondary N) is 1. The smallest absolute Gasteiger partial charge is 0.227 e. The van der Waals surface area contributed by atoms with Gasteiger partial charge in [0.15, 0.2) is 17.4 Å². The first-order chi connectivity index (χ1) is 15.0. The molecule has 1 fully saturated rings. The molecule has 4 rings (SSSR count). The Morgan fingerprint density at radius 2 is 2.13 bits per heavy atom. The molecule has 0 saturated carbocycles. The number of carbonyl (C=O) groups excluding carboxylic acids is 2. The molecule has 1 aliphatic heterocycles. The molecule has 0 bridgehead atoms. The topological polar surface area (TPSA) is 93.7 Å². The van der Waals surface area contributed by atoms with Gasteiger partial charge in [-0.1, -0.05) is 24.6 Å². The third-order valence-electron chi connectivity index (χ3n) is 5.13. The molecule has 2 aromatic rings. The predicted molar refractivity (Wildman–Crippen MR) is 118 cm³/mol. The van der Waals surface area contributed by atoms with Crippen molar-refractivity contribution >= 4 is 46.7 Å². The number of halogens is 1. The van der Waals surface area contributed by atoms with E-state index in [0.29, 0.717) is 36.4 Å². The number of morpholine rings is 1. The Balaban J connectivity index is 1.54. The number of Topliss-reactive ketones (excluding diaryl/α,β-unsaturated/α-hetero) is 2. The normalized spacial score (nSPS) is 15.9. The van der Waals surface area contributed by atoms with Gasteiger partial charge in [0.25, 0.3) is 0 Å². The molecule has 0 radical (unpaired) electrons. The van der Waals surface area contributed by atoms with Crippen LogP contribution in [0.2, 0.25) is 5.02 Å². The fourth-order valence-corrected chi connectivity index (χ4v) is 3.47. The molecule has 0 spiro atoms. The minimum atomic E-state index is -0.133. The van der Waals surface area contributed by atoms with Crippen LogP contribution in [0.1, 0.15) is 24.5 Å². The van der Waals surface area contributed by atoms with Gasteiger partial charge in [0, 0.05) is 31.6 Å². The van der Waals surface area contributed by atoms with Crippen LogP contribution in [-0.2, 0) is 25.5 Å². The minimum absolute atomic E-state index is 0.0515. The number of ether oxygens (including phenoxy) is 2. The molecule has 2 aliphatic rings. The van der Waals surface area contributed by atoms with E-state index >= 15 is 0 Å². The molecule has 162 valence electrons. The van der Waals surface area contributed by atoms with Crippen LogP contribution in [0.15, 0.2) is 30.2 Å². The van der Waals surface area contributed by atoms with E-state index in [9.17, 15) is 9.59 Å². The van der Waals surface area contributed by atoms with E-state index in [0.717, 1.165) is 29.9 Å². The van der Waals surface area contributed by atoms with Crippen molar-refractivity contribution in [3.8, 4) is 0 Å². The van der Waals surface area contributed by atoms with E-state index < -0.39 is 0 Å². The summed E-state index contributed by atoms with van der Waals surface area (Å²) in [7, 11) is 0. The van der Waals surface area contributed by atoms with Crippen LogP contribution in [0, 0.1) is 0 Å². The third-order valence-corrected chi connectivity index (χ3v) is 5.41. The molecule has 0 atom stereocenters. The summed E-state index contributed by atoms with van der Waals surface area (Å²) in [6.45, 7) is 4.39. The highest BCUT2D eigenvalue weighted by atomic mass is 35.5. The summed E-state index contributed by atoms with van der Waals surface area (Å²) >= 11 is 6.32. The molecule has 8 nitrogen and oxygen atoms in total. The van der Waals surface area contributed by atoms with Crippen LogP contribution < -0.4 is 10.2 Å². The molecule has 1 N–H and O–H groups in total. The number of hydrogen-bond acceptors (Lipinski definition) is 8. The van der Waals surface area contributed by atoms with Crippen molar-refractivity contribution in [3.63, 3.8) is 0 Å². The van der Waals surface area contributed by atoms with Gasteiger partial charge in [0.05, 0.1) is 19.4 Å². The van der Waals surface area contributed by atoms with E-state index in [-0.39, 0.29) is 30.4 Å². The zero-order valence-corrected chi connectivity index (χ0v) is 17.9. The summed E-state index contributed by atoms with van der Waals surface area (Å²) in [5, 5.41) is 3.64. The average molecular weight is 443 g/mol. The number of fused-ring (bicyclic) bond motifs is 1. The Morgan fingerprint density at radius 3 is 2.90 bits per heavy atom. The molecule has 2 heterocycles. The molecular formula is C22H23ClN4O4. The third kappa shape index (κ3) is 5.03. The van der Waals surface area contributed by atoms with Gasteiger partial charge in [0.1, 0.15) is 11.6 Å². The molecule has 1 aromatic heterocycles. The van der Waals surface area contributed by atoms with Crippen molar-refractivity contribution in [2.75, 3.05) is 43.1 Å². The summed E-state index contributed by atoms with van der Waals surface area (Å²) < 4.78 is 10.8. The first-order valence-corrected chi connectivity index (χ1v) is 10.6. The second-order valence-corrected chi connectivity index (χ2v) is 7.70. The molecular weight excluding hydrogens is 420 g/mol. The summed E-state index contributed by atoms with van der Waals surface area (Å²) in [4.78, 5) is 34.8. The number of rotatable bonds is 7. The Labute approximate surface area is 185 Å². The van der Waals surface area contributed by atoms with Crippen molar-refractivity contribution in [1.82, 2.24) is 9.97 Å². The zero-order valence-electron chi connectivity index (χ0n) is 17.2. The number of carbonyl (C=O) groups is 2. The maximum atomic E-state index is 12.3. The quantitative estimate of drug-likeness (QED) is 0.698. The van der Waals surface area contributed by atoms with E-state index in [2.05, 4.69) is 15.3 Å². The monoisotopic (exact) mass is 442 g/mol. The fourth-order valence-electron chi connectivity index (χ4n) is 3.33. The standard InChI is InChI=1S/C22H23ClN4O4/c1-2-17(28)13-31-20-11-15-9-16(4-3-14(15)10-19(20)29)25-21-18(23)12-24-22(26-21)27-5-7-30-8-6-27/h3-4,9,11-12H,2,5-8,10,13H2,1H3,(H,24,25,26). The summed E-state index contributed by atoms with van der Waals surface area (Å²) in [5.41, 5.74) is 2.51. The van der Waals surface area contributed by atoms with Crippen LogP contribution in [0.4, 0.5) is 17.5 Å². The van der Waals surface area contributed by atoms with E-state index in [1.54, 1.807) is 19.2 Å². The van der Waals surface area contributed by atoms with Gasteiger partial charge in [-0.3, -0.25) is 9.59 Å². The molecule has 0 unspecified atom stereocenters. The van der Waals surface area contributed by atoms with Crippen molar-refractivity contribution in [1.29, 1.82) is 0 Å². The van der Waals surface area contributed by atoms with Gasteiger partial charge < -0.3 is 19.7 Å². The van der Waals surface area contributed by atoms with Crippen molar-refractivity contribution in [2.24, 2.45) is 0 Å². The van der Waals surface area contributed by atoms with Crippen LogP contribution >= 0.6 is 11.6 Å². The van der Waals surface area contributed by atoms with Crippen molar-refractivity contribution in [2.45, 2.75) is 19.8 Å². The second kappa shape index (κ2) is 9.45. The first kappa shape index (κ1) is 21.3. The number of ketones is 2. The molecule has 1 aromatic carbocycles. The van der Waals surface area contributed by atoms with Crippen LogP contribution in [0.5, 0.6) is 0 Å². The lowest BCUT2D eigenvalue weighted by Gasteiger charge is -2.27. The maximum Gasteiger partial charge on any atom is 0.227 e. The molecule has 0 amide bonds. The highest BCUT2D eigenvalue weighted by molar-refractivity contribution is 6.32. The van der Waals surface area contributed by atoms with Crippen LogP contribution in [0.25, 0.3) is 6.08 Å². The number of aromatic nitrogens is 2. The largest absolute Gasteiger partial charge is 0.482 e. The lowest BCUT2D eigenvalue weighted by molar-refractivity contribution is -0.124. The van der Waals surface area contributed by atoms with Gasteiger partial charge in [-0.25, -0.2) is 4.98 Å². The Morgan fingerprint density at radius 1 is 1.32 bits per heavy atom. The van der Waals surface area contributed by atoms with Gasteiger partial charge in [0.2, 0.25) is 11.7 Å². The van der Waals surface area contributed by atoms with Gasteiger partial charge in [-0.2, -0.15) is 4.98 Å². The Kier molecular flexibility index (Phi) is 6.48. The van der Waals surface area contributed by atoms with E-state index in [1.165, 1.54) is 0 Å². The average Bonchev–Trinajstić information content (AvgIpc) is 2.79. The molecule has 1 saturated heterocycles. The lowest BCUT2D eigenvalue weighted by atomic mass is 9.95. The highest BCUT2D eigenvalue weighted by Gasteiger charge is 2.21. The zero-order chi connectivity index (χ0) is 21.8. The number of hydrogen-bond donors (Lipinski definition) is 1. The van der Waals surface area contributed by atoms with Crippen LogP contribution in [-0.4, -0.2) is 54.4 Å². The number of anilines is 3. The molecule has 1 aliphatic carbocycles. The summed E-state index contributed by atoms with van der Waals surface area (Å²) in [5.74, 6) is 1.12. The number of nitrogens with zero attached hydrogens (tertiary/aromatic N) is 3. The Hall–Kier alpha value is -2.97. The summed E-state index contributed by atoms with van der Waals surface area (Å²) in [6, 6.07) is 5.66. The Bertz CT molecular complexity index is 1030. The lowest BCUT2D eigenvalue weighted by Crippen LogP contribution is -2.37. The van der Waals surface area contributed by atoms with Gasteiger partial charge >= 0.3 is 0 Å². The SMILES string of the molecule is CCC(=O)COC1=Cc2cc(Nc3nc(N4CCOCC4)ncc3Cl)ccc2CC1=O. The highest BCUT2D eigenvalue weighted by Crippen LogP contribution is 2.29. The number of benzene rings is 1. The second-order valence-electron chi connectivity index (χ2n) is 7.29. The minimum Gasteiger partial charge on any atom is -0.482 e. The van der Waals surface area contributed by atoms with Gasteiger partial charge in [-0.05, 0) is 29.3 Å². The molecule has 31 heavy (non-hydrogen) atoms. The van der Waals surface area contributed by atoms with E-state index in [1.807, 2.05) is 23.1 Å². The fraction of sp³-hybridized carbons (Fsp3) is 0.364. The van der Waals surface area contributed by atoms with Crippen LogP contribution in [0.3, 0.4) is 0 Å². The van der Waals surface area contributed by atoms with Crippen molar-refractivity contribution < 1.29 is 19.1 Å². The first-order valence-electron chi connectivity index (χ1n) is 10.2. The molecule has 9 heteroatoms. The maximum absolute atomic E-state index is 12.3. The number of allylic oxidation sites excluding steroid dienone is 1.